The van der Waals surface area contributed by atoms with Crippen LogP contribution in [0.4, 0.5) is 5.82 Å². The minimum absolute atomic E-state index is 0.713. The highest BCUT2D eigenvalue weighted by Gasteiger charge is 2.17. The molecule has 0 amide bonds. The first kappa shape index (κ1) is 11.3. The van der Waals surface area contributed by atoms with Gasteiger partial charge in [0.25, 0.3) is 0 Å². The highest BCUT2D eigenvalue weighted by molar-refractivity contribution is 9.10. The normalized spacial score (nSPS) is 21.8. The quantitative estimate of drug-likeness (QED) is 0.789. The second-order valence-corrected chi connectivity index (χ2v) is 6.32. The van der Waals surface area contributed by atoms with E-state index in [0.717, 1.165) is 23.4 Å². The molecule has 0 saturated carbocycles. The van der Waals surface area contributed by atoms with Crippen molar-refractivity contribution in [2.75, 3.05) is 23.7 Å². The number of pyridine rings is 1. The smallest absolute Gasteiger partial charge is 0.128 e. The zero-order valence-corrected chi connectivity index (χ0v) is 11.4. The lowest BCUT2D eigenvalue weighted by molar-refractivity contribution is 0.769. The standard InChI is InChI=1S/C11H15BrN2S/c1-8-5-11(13-6-10(8)12)14-3-4-15-9(2)7-14/h5-6,9H,3-4,7H2,1-2H3. The highest BCUT2D eigenvalue weighted by atomic mass is 79.9. The molecule has 0 bridgehead atoms. The predicted octanol–water partition coefficient (Wildman–Crippen LogP) is 3.09. The summed E-state index contributed by atoms with van der Waals surface area (Å²) in [5.41, 5.74) is 1.26. The number of halogens is 1. The summed E-state index contributed by atoms with van der Waals surface area (Å²) in [5, 5.41) is 0.713. The minimum atomic E-state index is 0.713. The maximum Gasteiger partial charge on any atom is 0.128 e. The summed E-state index contributed by atoms with van der Waals surface area (Å²) < 4.78 is 1.09. The first-order chi connectivity index (χ1) is 7.16. The molecule has 1 atom stereocenters. The van der Waals surface area contributed by atoms with Gasteiger partial charge in [0.15, 0.2) is 0 Å². The Morgan fingerprint density at radius 1 is 1.60 bits per heavy atom. The molecular weight excluding hydrogens is 272 g/mol. The van der Waals surface area contributed by atoms with Crippen LogP contribution in [0.1, 0.15) is 12.5 Å². The van der Waals surface area contributed by atoms with Crippen LogP contribution in [0.2, 0.25) is 0 Å². The van der Waals surface area contributed by atoms with Crippen LogP contribution in [-0.2, 0) is 0 Å². The largest absolute Gasteiger partial charge is 0.355 e. The van der Waals surface area contributed by atoms with Gasteiger partial charge < -0.3 is 4.90 Å². The van der Waals surface area contributed by atoms with Gasteiger partial charge in [-0.15, -0.1) is 0 Å². The molecule has 0 aliphatic carbocycles. The second kappa shape index (κ2) is 4.74. The summed E-state index contributed by atoms with van der Waals surface area (Å²) in [4.78, 5) is 6.84. The molecule has 1 aliphatic rings. The molecule has 2 heterocycles. The molecule has 15 heavy (non-hydrogen) atoms. The molecule has 1 saturated heterocycles. The van der Waals surface area contributed by atoms with Gasteiger partial charge >= 0.3 is 0 Å². The Bertz CT molecular complexity index is 356. The van der Waals surface area contributed by atoms with Crippen LogP contribution in [-0.4, -0.2) is 29.1 Å². The molecule has 4 heteroatoms. The summed E-state index contributed by atoms with van der Waals surface area (Å²) >= 11 is 5.53. The SMILES string of the molecule is Cc1cc(N2CCSC(C)C2)ncc1Br. The van der Waals surface area contributed by atoms with E-state index in [1.165, 1.54) is 11.3 Å². The Hall–Kier alpha value is -0.220. The van der Waals surface area contributed by atoms with Gasteiger partial charge in [0, 0.05) is 34.8 Å². The van der Waals surface area contributed by atoms with Gasteiger partial charge in [0.05, 0.1) is 0 Å². The average Bonchev–Trinajstić information content (AvgIpc) is 2.22. The van der Waals surface area contributed by atoms with Crippen LogP contribution in [0.5, 0.6) is 0 Å². The van der Waals surface area contributed by atoms with Crippen molar-refractivity contribution < 1.29 is 0 Å². The van der Waals surface area contributed by atoms with Crippen LogP contribution >= 0.6 is 27.7 Å². The van der Waals surface area contributed by atoms with Gasteiger partial charge in [-0.1, -0.05) is 6.92 Å². The van der Waals surface area contributed by atoms with E-state index in [9.17, 15) is 0 Å². The monoisotopic (exact) mass is 286 g/mol. The summed E-state index contributed by atoms with van der Waals surface area (Å²) in [6, 6.07) is 2.16. The lowest BCUT2D eigenvalue weighted by atomic mass is 10.3. The van der Waals surface area contributed by atoms with Gasteiger partial charge in [-0.05, 0) is 34.5 Å². The molecule has 2 nitrogen and oxygen atoms in total. The van der Waals surface area contributed by atoms with Crippen molar-refractivity contribution in [1.82, 2.24) is 4.98 Å². The average molecular weight is 287 g/mol. The third kappa shape index (κ3) is 2.67. The van der Waals surface area contributed by atoms with E-state index >= 15 is 0 Å². The molecule has 0 aromatic carbocycles. The van der Waals surface area contributed by atoms with Gasteiger partial charge in [-0.3, -0.25) is 0 Å². The molecule has 1 unspecified atom stereocenters. The second-order valence-electron chi connectivity index (χ2n) is 3.92. The van der Waals surface area contributed by atoms with Crippen molar-refractivity contribution in [3.63, 3.8) is 0 Å². The summed E-state index contributed by atoms with van der Waals surface area (Å²) in [7, 11) is 0. The molecule has 1 aromatic rings. The Morgan fingerprint density at radius 3 is 3.07 bits per heavy atom. The fraction of sp³-hybridized carbons (Fsp3) is 0.545. The first-order valence-corrected chi connectivity index (χ1v) is 6.99. The first-order valence-electron chi connectivity index (χ1n) is 5.15. The molecule has 1 aliphatic heterocycles. The van der Waals surface area contributed by atoms with Crippen molar-refractivity contribution in [1.29, 1.82) is 0 Å². The summed E-state index contributed by atoms with van der Waals surface area (Å²) in [6.45, 7) is 6.61. The van der Waals surface area contributed by atoms with E-state index < -0.39 is 0 Å². The Labute approximate surface area is 104 Å². The van der Waals surface area contributed by atoms with Gasteiger partial charge in [-0.25, -0.2) is 4.98 Å². The van der Waals surface area contributed by atoms with Crippen LogP contribution in [0, 0.1) is 6.92 Å². The van der Waals surface area contributed by atoms with Crippen LogP contribution in [0.25, 0.3) is 0 Å². The van der Waals surface area contributed by atoms with Gasteiger partial charge in [0.2, 0.25) is 0 Å². The number of aryl methyl sites for hydroxylation is 1. The Kier molecular flexibility index (Phi) is 3.57. The predicted molar refractivity (Wildman–Crippen MR) is 70.8 cm³/mol. The number of aromatic nitrogens is 1. The van der Waals surface area contributed by atoms with Crippen molar-refractivity contribution in [3.8, 4) is 0 Å². The molecule has 2 rings (SSSR count). The molecular formula is C11H15BrN2S. The number of nitrogens with zero attached hydrogens (tertiary/aromatic N) is 2. The van der Waals surface area contributed by atoms with Crippen molar-refractivity contribution in [2.24, 2.45) is 0 Å². The number of rotatable bonds is 1. The maximum absolute atomic E-state index is 4.47. The fourth-order valence-corrected chi connectivity index (χ4v) is 2.95. The number of hydrogen-bond acceptors (Lipinski definition) is 3. The minimum Gasteiger partial charge on any atom is -0.355 e. The lowest BCUT2D eigenvalue weighted by Crippen LogP contribution is -2.37. The lowest BCUT2D eigenvalue weighted by Gasteiger charge is -2.31. The molecule has 0 N–H and O–H groups in total. The molecule has 1 aromatic heterocycles. The van der Waals surface area contributed by atoms with E-state index in [1.807, 2.05) is 18.0 Å². The van der Waals surface area contributed by atoms with E-state index in [0.29, 0.717) is 5.25 Å². The molecule has 0 spiro atoms. The molecule has 0 radical (unpaired) electrons. The fourth-order valence-electron chi connectivity index (χ4n) is 1.72. The third-order valence-corrected chi connectivity index (χ3v) is 4.56. The molecule has 82 valence electrons. The maximum atomic E-state index is 4.47. The van der Waals surface area contributed by atoms with E-state index in [4.69, 9.17) is 0 Å². The number of thioether (sulfide) groups is 1. The highest BCUT2D eigenvalue weighted by Crippen LogP contribution is 2.24. The third-order valence-electron chi connectivity index (χ3n) is 2.60. The number of anilines is 1. The number of hydrogen-bond donors (Lipinski definition) is 0. The van der Waals surface area contributed by atoms with Crippen LogP contribution in [0.15, 0.2) is 16.7 Å². The van der Waals surface area contributed by atoms with Gasteiger partial charge in [0.1, 0.15) is 5.82 Å². The summed E-state index contributed by atoms with van der Waals surface area (Å²) in [6.07, 6.45) is 1.90. The van der Waals surface area contributed by atoms with Crippen molar-refractivity contribution in [2.45, 2.75) is 19.1 Å². The van der Waals surface area contributed by atoms with E-state index in [1.54, 1.807) is 0 Å². The van der Waals surface area contributed by atoms with Crippen molar-refractivity contribution in [3.05, 3.63) is 22.3 Å². The zero-order chi connectivity index (χ0) is 10.8. The van der Waals surface area contributed by atoms with E-state index in [2.05, 4.69) is 45.7 Å². The Morgan fingerprint density at radius 2 is 2.40 bits per heavy atom. The van der Waals surface area contributed by atoms with E-state index in [-0.39, 0.29) is 0 Å². The Balaban J connectivity index is 2.18. The topological polar surface area (TPSA) is 16.1 Å². The molecule has 1 fully saturated rings. The van der Waals surface area contributed by atoms with Crippen LogP contribution < -0.4 is 4.90 Å². The van der Waals surface area contributed by atoms with Crippen LogP contribution in [0.3, 0.4) is 0 Å². The van der Waals surface area contributed by atoms with Crippen molar-refractivity contribution >= 4 is 33.5 Å². The summed E-state index contributed by atoms with van der Waals surface area (Å²) in [5.74, 6) is 2.32. The zero-order valence-electron chi connectivity index (χ0n) is 9.03. The van der Waals surface area contributed by atoms with Gasteiger partial charge in [-0.2, -0.15) is 11.8 Å².